The number of ether oxygens (including phenoxy) is 1. The van der Waals surface area contributed by atoms with E-state index in [2.05, 4.69) is 25.4 Å². The Morgan fingerprint density at radius 1 is 1.00 bits per heavy atom. The fourth-order valence-electron chi connectivity index (χ4n) is 4.15. The zero-order chi connectivity index (χ0) is 21.6. The second-order valence-electron chi connectivity index (χ2n) is 7.94. The highest BCUT2D eigenvalue weighted by Crippen LogP contribution is 2.30. The van der Waals surface area contributed by atoms with E-state index < -0.39 is 5.97 Å². The first-order valence-electron chi connectivity index (χ1n) is 10.9. The molecule has 2 aliphatic heterocycles. The van der Waals surface area contributed by atoms with Crippen molar-refractivity contribution in [3.8, 4) is 0 Å². The molecule has 0 aliphatic carbocycles. The van der Waals surface area contributed by atoms with Crippen molar-refractivity contribution in [2.24, 2.45) is 0 Å². The zero-order valence-electron chi connectivity index (χ0n) is 17.9. The van der Waals surface area contributed by atoms with Crippen LogP contribution < -0.4 is 20.4 Å². The Morgan fingerprint density at radius 3 is 2.42 bits per heavy atom. The highest BCUT2D eigenvalue weighted by Gasteiger charge is 2.19. The molecule has 2 aliphatic rings. The molecule has 1 aromatic carbocycles. The quantitative estimate of drug-likeness (QED) is 0.693. The number of amides is 2. The first-order chi connectivity index (χ1) is 15.1. The van der Waals surface area contributed by atoms with E-state index >= 15 is 0 Å². The molecule has 0 radical (unpaired) electrons. The molecule has 2 N–H and O–H groups in total. The third kappa shape index (κ3) is 5.07. The second kappa shape index (κ2) is 9.68. The summed E-state index contributed by atoms with van der Waals surface area (Å²) in [6, 6.07) is 8.91. The maximum absolute atomic E-state index is 12.7. The first kappa shape index (κ1) is 21.0. The average molecular weight is 424 g/mol. The van der Waals surface area contributed by atoms with Gasteiger partial charge in [-0.1, -0.05) is 0 Å². The van der Waals surface area contributed by atoms with E-state index in [-0.39, 0.29) is 6.03 Å². The molecule has 0 saturated carbocycles. The van der Waals surface area contributed by atoms with Crippen molar-refractivity contribution >= 4 is 29.2 Å². The summed E-state index contributed by atoms with van der Waals surface area (Å²) in [5.41, 5.74) is 2.93. The van der Waals surface area contributed by atoms with Crippen LogP contribution in [0.4, 0.5) is 22.0 Å². The Balaban J connectivity index is 1.43. The van der Waals surface area contributed by atoms with Crippen LogP contribution in [0.5, 0.6) is 0 Å². The van der Waals surface area contributed by atoms with E-state index in [9.17, 15) is 9.59 Å². The van der Waals surface area contributed by atoms with E-state index in [0.29, 0.717) is 17.8 Å². The van der Waals surface area contributed by atoms with Crippen LogP contribution >= 0.6 is 0 Å². The van der Waals surface area contributed by atoms with Gasteiger partial charge in [-0.15, -0.1) is 0 Å². The summed E-state index contributed by atoms with van der Waals surface area (Å²) in [4.78, 5) is 33.6. The highest BCUT2D eigenvalue weighted by atomic mass is 16.5. The number of carbonyl (C=O) groups excluding carboxylic acids is 2. The number of hydrogen-bond donors (Lipinski definition) is 2. The third-order valence-corrected chi connectivity index (χ3v) is 5.81. The van der Waals surface area contributed by atoms with Gasteiger partial charge in [0.15, 0.2) is 0 Å². The fraction of sp³-hybridized carbons (Fsp3) is 0.435. The molecule has 4 rings (SSSR count). The van der Waals surface area contributed by atoms with Gasteiger partial charge < -0.3 is 25.2 Å². The summed E-state index contributed by atoms with van der Waals surface area (Å²) in [5.74, 6) is 0.530. The number of aromatic nitrogens is 1. The predicted octanol–water partition coefficient (Wildman–Crippen LogP) is 3.39. The largest absolute Gasteiger partial charge is 0.465 e. The first-order valence-corrected chi connectivity index (χ1v) is 10.9. The predicted molar refractivity (Wildman–Crippen MR) is 121 cm³/mol. The van der Waals surface area contributed by atoms with Gasteiger partial charge in [-0.2, -0.15) is 0 Å². The average Bonchev–Trinajstić information content (AvgIpc) is 3.52. The number of hydrogen-bond acceptors (Lipinski definition) is 6. The van der Waals surface area contributed by atoms with Gasteiger partial charge in [0.25, 0.3) is 0 Å². The summed E-state index contributed by atoms with van der Waals surface area (Å²) in [5, 5.41) is 5.84. The van der Waals surface area contributed by atoms with Crippen LogP contribution in [0.2, 0.25) is 0 Å². The van der Waals surface area contributed by atoms with Gasteiger partial charge in [0.2, 0.25) is 0 Å². The smallest absolute Gasteiger partial charge is 0.337 e. The Morgan fingerprint density at radius 2 is 1.71 bits per heavy atom. The summed E-state index contributed by atoms with van der Waals surface area (Å²) < 4.78 is 4.83. The maximum Gasteiger partial charge on any atom is 0.337 e. The number of methoxy groups -OCH3 is 1. The molecule has 2 aromatic rings. The van der Waals surface area contributed by atoms with Gasteiger partial charge in [-0.05, 0) is 61.6 Å². The minimum atomic E-state index is -0.428. The van der Waals surface area contributed by atoms with Crippen LogP contribution in [-0.2, 0) is 11.3 Å². The lowest BCUT2D eigenvalue weighted by Crippen LogP contribution is -2.30. The third-order valence-electron chi connectivity index (χ3n) is 5.81. The molecule has 2 saturated heterocycles. The Labute approximate surface area is 182 Å². The van der Waals surface area contributed by atoms with E-state index in [1.807, 2.05) is 18.2 Å². The lowest BCUT2D eigenvalue weighted by molar-refractivity contribution is 0.0600. The molecule has 2 fully saturated rings. The normalized spacial score (nSPS) is 15.8. The van der Waals surface area contributed by atoms with Crippen molar-refractivity contribution in [1.82, 2.24) is 10.3 Å². The zero-order valence-corrected chi connectivity index (χ0v) is 17.9. The van der Waals surface area contributed by atoms with Gasteiger partial charge in [0.1, 0.15) is 5.82 Å². The van der Waals surface area contributed by atoms with E-state index in [0.717, 1.165) is 56.1 Å². The van der Waals surface area contributed by atoms with E-state index in [1.165, 1.54) is 20.0 Å². The Hall–Kier alpha value is -3.29. The summed E-state index contributed by atoms with van der Waals surface area (Å²) in [6.07, 6.45) is 6.40. The van der Waals surface area contributed by atoms with Crippen molar-refractivity contribution in [3.05, 3.63) is 47.7 Å². The van der Waals surface area contributed by atoms with Crippen LogP contribution in [0.25, 0.3) is 0 Å². The van der Waals surface area contributed by atoms with Gasteiger partial charge in [0, 0.05) is 38.9 Å². The lowest BCUT2D eigenvalue weighted by Gasteiger charge is -2.22. The number of nitrogens with one attached hydrogen (secondary N) is 2. The molecule has 31 heavy (non-hydrogen) atoms. The Bertz CT molecular complexity index is 937. The summed E-state index contributed by atoms with van der Waals surface area (Å²) >= 11 is 0. The van der Waals surface area contributed by atoms with Gasteiger partial charge >= 0.3 is 12.0 Å². The Kier molecular flexibility index (Phi) is 6.54. The monoisotopic (exact) mass is 423 g/mol. The number of nitrogens with zero attached hydrogens (tertiary/aromatic N) is 3. The van der Waals surface area contributed by atoms with Crippen LogP contribution in [0.15, 0.2) is 36.5 Å². The van der Waals surface area contributed by atoms with Crippen LogP contribution in [0.3, 0.4) is 0 Å². The van der Waals surface area contributed by atoms with Crippen molar-refractivity contribution in [2.75, 3.05) is 48.4 Å². The molecule has 0 spiro atoms. The number of urea groups is 1. The molecule has 2 amide bonds. The number of benzene rings is 1. The molecule has 0 unspecified atom stereocenters. The molecular formula is C23H29N5O3. The van der Waals surface area contributed by atoms with E-state index in [1.54, 1.807) is 18.3 Å². The SMILES string of the molecule is COC(=O)c1ccc(N2CCCC2)c(NC(=O)NCc2ccnc(N3CCCC3)c2)c1. The fourth-order valence-corrected chi connectivity index (χ4v) is 4.15. The standard InChI is InChI=1S/C23H29N5O3/c1-31-22(29)18-6-7-20(27-10-2-3-11-27)19(15-18)26-23(30)25-16-17-8-9-24-21(14-17)28-12-4-5-13-28/h6-9,14-15H,2-5,10-13,16H2,1H3,(H2,25,26,30). The van der Waals surface area contributed by atoms with Crippen LogP contribution in [-0.4, -0.2) is 50.3 Å². The number of carbonyl (C=O) groups is 2. The number of anilines is 3. The molecule has 3 heterocycles. The minimum Gasteiger partial charge on any atom is -0.465 e. The highest BCUT2D eigenvalue weighted by molar-refractivity contribution is 5.97. The molecule has 8 nitrogen and oxygen atoms in total. The van der Waals surface area contributed by atoms with Crippen molar-refractivity contribution < 1.29 is 14.3 Å². The van der Waals surface area contributed by atoms with Gasteiger partial charge in [0.05, 0.1) is 24.0 Å². The molecular weight excluding hydrogens is 394 g/mol. The molecule has 0 bridgehead atoms. The molecule has 0 atom stereocenters. The van der Waals surface area contributed by atoms with Crippen molar-refractivity contribution in [2.45, 2.75) is 32.2 Å². The topological polar surface area (TPSA) is 86.8 Å². The van der Waals surface area contributed by atoms with Gasteiger partial charge in [-0.25, -0.2) is 14.6 Å². The number of pyridine rings is 1. The second-order valence-corrected chi connectivity index (χ2v) is 7.94. The summed E-state index contributed by atoms with van der Waals surface area (Å²) in [6.45, 7) is 4.32. The lowest BCUT2D eigenvalue weighted by atomic mass is 10.1. The van der Waals surface area contributed by atoms with Crippen molar-refractivity contribution in [3.63, 3.8) is 0 Å². The van der Waals surface area contributed by atoms with Crippen LogP contribution in [0, 0.1) is 0 Å². The molecule has 1 aromatic heterocycles. The number of esters is 1. The number of rotatable bonds is 6. The maximum atomic E-state index is 12.7. The molecule has 8 heteroatoms. The van der Waals surface area contributed by atoms with Crippen LogP contribution in [0.1, 0.15) is 41.6 Å². The summed E-state index contributed by atoms with van der Waals surface area (Å²) in [7, 11) is 1.35. The van der Waals surface area contributed by atoms with Crippen molar-refractivity contribution in [1.29, 1.82) is 0 Å². The van der Waals surface area contributed by atoms with Gasteiger partial charge in [-0.3, -0.25) is 0 Å². The molecule has 164 valence electrons. The van der Waals surface area contributed by atoms with E-state index in [4.69, 9.17) is 4.74 Å². The minimum absolute atomic E-state index is 0.318.